The summed E-state index contributed by atoms with van der Waals surface area (Å²) < 4.78 is 14.7. The predicted octanol–water partition coefficient (Wildman–Crippen LogP) is 2.60. The Morgan fingerprint density at radius 3 is 2.26 bits per heavy atom. The van der Waals surface area contributed by atoms with Crippen LogP contribution < -0.4 is 0 Å². The van der Waals surface area contributed by atoms with E-state index in [0.717, 1.165) is 0 Å². The summed E-state index contributed by atoms with van der Waals surface area (Å²) in [5, 5.41) is 3.49. The van der Waals surface area contributed by atoms with Crippen molar-refractivity contribution in [3.8, 4) is 0 Å². The van der Waals surface area contributed by atoms with Crippen LogP contribution in [0.2, 0.25) is 0 Å². The number of carbonyl (C=O) groups is 3. The van der Waals surface area contributed by atoms with Crippen LogP contribution in [0.4, 0.5) is 0 Å². The van der Waals surface area contributed by atoms with Crippen molar-refractivity contribution in [2.45, 2.75) is 52.2 Å². The molecule has 0 aromatic carbocycles. The molecule has 10 nitrogen and oxygen atoms in total. The summed E-state index contributed by atoms with van der Waals surface area (Å²) >= 11 is 0. The second-order valence-electron chi connectivity index (χ2n) is 6.66. The molecule has 0 radical (unpaired) electrons. The highest BCUT2D eigenvalue weighted by molar-refractivity contribution is 5.91. The van der Waals surface area contributed by atoms with E-state index in [9.17, 15) is 14.4 Å². The number of nitrogens with one attached hydrogen (secondary N) is 1. The van der Waals surface area contributed by atoms with Crippen molar-refractivity contribution in [3.05, 3.63) is 33.0 Å². The number of nitrogens with zero attached hydrogens (tertiary/aromatic N) is 3. The van der Waals surface area contributed by atoms with Gasteiger partial charge in [0.1, 0.15) is 11.3 Å². The molecular weight excluding hydrogens is 356 g/mol. The van der Waals surface area contributed by atoms with Crippen LogP contribution in [0.1, 0.15) is 54.5 Å². The highest BCUT2D eigenvalue weighted by atomic mass is 16.6. The molecule has 0 spiro atoms. The number of esters is 3. The molecule has 0 atom stereocenters. The summed E-state index contributed by atoms with van der Waals surface area (Å²) in [6, 6.07) is 0. The van der Waals surface area contributed by atoms with Gasteiger partial charge in [0.2, 0.25) is 0 Å². The first kappa shape index (κ1) is 22.0. The van der Waals surface area contributed by atoms with Gasteiger partial charge in [0, 0.05) is 17.0 Å². The molecule has 27 heavy (non-hydrogen) atoms. The number of rotatable bonds is 8. The van der Waals surface area contributed by atoms with Gasteiger partial charge in [-0.3, -0.25) is 9.59 Å². The molecular formula is C17H24N4O6. The van der Waals surface area contributed by atoms with Gasteiger partial charge in [-0.1, -0.05) is 5.11 Å². The summed E-state index contributed by atoms with van der Waals surface area (Å²) in [6.45, 7) is 5.06. The lowest BCUT2D eigenvalue weighted by Gasteiger charge is -2.19. The first-order chi connectivity index (χ1) is 12.6. The number of azide groups is 1. The number of aromatic nitrogens is 1. The number of aromatic amines is 1. The van der Waals surface area contributed by atoms with Crippen LogP contribution in [-0.4, -0.2) is 42.7 Å². The molecule has 1 aromatic heterocycles. The molecule has 0 unspecified atom stereocenters. The van der Waals surface area contributed by atoms with Crippen molar-refractivity contribution < 1.29 is 28.6 Å². The molecule has 148 valence electrons. The number of carbonyl (C=O) groups excluding carboxylic acids is 3. The van der Waals surface area contributed by atoms with E-state index in [4.69, 9.17) is 15.0 Å². The lowest BCUT2D eigenvalue weighted by atomic mass is 10.0. The first-order valence-electron chi connectivity index (χ1n) is 8.23. The molecule has 1 rings (SSSR count). The second kappa shape index (κ2) is 9.63. The van der Waals surface area contributed by atoms with Crippen molar-refractivity contribution in [2.24, 2.45) is 5.11 Å². The minimum atomic E-state index is -0.741. The van der Waals surface area contributed by atoms with Crippen molar-refractivity contribution in [2.75, 3.05) is 14.2 Å². The van der Waals surface area contributed by atoms with E-state index in [1.54, 1.807) is 20.8 Å². The number of hydrogen-bond donors (Lipinski definition) is 1. The van der Waals surface area contributed by atoms with Crippen LogP contribution in [0, 0.1) is 0 Å². The van der Waals surface area contributed by atoms with Gasteiger partial charge in [-0.2, -0.15) is 0 Å². The van der Waals surface area contributed by atoms with Crippen molar-refractivity contribution in [3.63, 3.8) is 0 Å². The topological polar surface area (TPSA) is 143 Å². The van der Waals surface area contributed by atoms with E-state index in [2.05, 4.69) is 19.7 Å². The zero-order valence-electron chi connectivity index (χ0n) is 16.1. The smallest absolute Gasteiger partial charge is 0.355 e. The van der Waals surface area contributed by atoms with E-state index in [0.29, 0.717) is 16.8 Å². The summed E-state index contributed by atoms with van der Waals surface area (Å²) in [7, 11) is 2.50. The van der Waals surface area contributed by atoms with Gasteiger partial charge in [0.25, 0.3) is 0 Å². The van der Waals surface area contributed by atoms with Crippen molar-refractivity contribution >= 4 is 17.9 Å². The molecule has 0 fully saturated rings. The Hall–Kier alpha value is -3.00. The Morgan fingerprint density at radius 2 is 1.74 bits per heavy atom. The summed E-state index contributed by atoms with van der Waals surface area (Å²) in [4.78, 5) is 41.6. The lowest BCUT2D eigenvalue weighted by Crippen LogP contribution is -2.25. The van der Waals surface area contributed by atoms with Crippen molar-refractivity contribution in [1.29, 1.82) is 0 Å². The Labute approximate surface area is 156 Å². The van der Waals surface area contributed by atoms with Crippen LogP contribution in [0.25, 0.3) is 10.4 Å². The molecule has 0 saturated carbocycles. The van der Waals surface area contributed by atoms with Crippen LogP contribution in [0.5, 0.6) is 0 Å². The van der Waals surface area contributed by atoms with Crippen LogP contribution in [0.15, 0.2) is 5.11 Å². The average molecular weight is 380 g/mol. The number of hydrogen-bond acceptors (Lipinski definition) is 7. The third-order valence-corrected chi connectivity index (χ3v) is 3.56. The summed E-state index contributed by atoms with van der Waals surface area (Å²) in [5.41, 5.74) is 9.22. The minimum Gasteiger partial charge on any atom is -0.469 e. The Balaban J connectivity index is 3.42. The van der Waals surface area contributed by atoms with E-state index < -0.39 is 23.5 Å². The molecule has 0 aliphatic rings. The molecule has 1 aromatic rings. The van der Waals surface area contributed by atoms with Gasteiger partial charge in [0.05, 0.1) is 27.2 Å². The molecule has 10 heteroatoms. The highest BCUT2D eigenvalue weighted by Crippen LogP contribution is 2.25. The zero-order chi connectivity index (χ0) is 20.6. The molecule has 0 aliphatic heterocycles. The molecule has 0 amide bonds. The van der Waals surface area contributed by atoms with Gasteiger partial charge in [-0.15, -0.1) is 0 Å². The molecule has 0 aliphatic carbocycles. The van der Waals surface area contributed by atoms with E-state index >= 15 is 0 Å². The number of H-pyrrole nitrogens is 1. The Kier molecular flexibility index (Phi) is 7.86. The maximum atomic E-state index is 12.6. The molecule has 1 N–H and O–H groups in total. The maximum absolute atomic E-state index is 12.6. The Morgan fingerprint density at radius 1 is 1.11 bits per heavy atom. The third kappa shape index (κ3) is 6.67. The van der Waals surface area contributed by atoms with Crippen LogP contribution in [0.3, 0.4) is 0 Å². The normalized spacial score (nSPS) is 10.7. The zero-order valence-corrected chi connectivity index (χ0v) is 16.1. The van der Waals surface area contributed by atoms with E-state index in [1.807, 2.05) is 0 Å². The fourth-order valence-electron chi connectivity index (χ4n) is 2.41. The van der Waals surface area contributed by atoms with Gasteiger partial charge in [-0.05, 0) is 43.9 Å². The number of methoxy groups -OCH3 is 2. The Bertz CT molecular complexity index is 756. The maximum Gasteiger partial charge on any atom is 0.355 e. The lowest BCUT2D eigenvalue weighted by molar-refractivity contribution is -0.141. The third-order valence-electron chi connectivity index (χ3n) is 3.56. The van der Waals surface area contributed by atoms with Gasteiger partial charge in [-0.25, -0.2) is 4.79 Å². The van der Waals surface area contributed by atoms with E-state index in [1.165, 1.54) is 14.2 Å². The van der Waals surface area contributed by atoms with Gasteiger partial charge < -0.3 is 19.2 Å². The fraction of sp³-hybridized carbons (Fsp3) is 0.588. The summed E-state index contributed by atoms with van der Waals surface area (Å²) in [5.74, 6) is -1.64. The molecule has 0 saturated heterocycles. The average Bonchev–Trinajstić information content (AvgIpc) is 2.93. The number of ether oxygens (including phenoxy) is 3. The van der Waals surface area contributed by atoms with Crippen molar-refractivity contribution in [1.82, 2.24) is 4.98 Å². The standard InChI is InChI=1S/C17H24N4O6/c1-17(2,3)27-16(24)15-10(6-7-13(22)25-4)11(8-14(23)26-5)12(20-15)9-19-21-18/h20H,6-9H2,1-5H3. The second-order valence-corrected chi connectivity index (χ2v) is 6.66. The summed E-state index contributed by atoms with van der Waals surface area (Å²) in [6.07, 6.45) is -0.0117. The minimum absolute atomic E-state index is 0.000713. The van der Waals surface area contributed by atoms with E-state index in [-0.39, 0.29) is 31.5 Å². The van der Waals surface area contributed by atoms with Crippen LogP contribution >= 0.6 is 0 Å². The van der Waals surface area contributed by atoms with Gasteiger partial charge >= 0.3 is 17.9 Å². The van der Waals surface area contributed by atoms with Crippen LogP contribution in [-0.2, 0) is 43.2 Å². The van der Waals surface area contributed by atoms with Gasteiger partial charge in [0.15, 0.2) is 0 Å². The fourth-order valence-corrected chi connectivity index (χ4v) is 2.41. The quantitative estimate of drug-likeness (QED) is 0.241. The largest absolute Gasteiger partial charge is 0.469 e. The highest BCUT2D eigenvalue weighted by Gasteiger charge is 2.27. The predicted molar refractivity (Wildman–Crippen MR) is 94.9 cm³/mol. The molecule has 1 heterocycles. The molecule has 0 bridgehead atoms. The SMILES string of the molecule is COC(=O)CCc1c(C(=O)OC(C)(C)C)[nH]c(CN=[N+]=[N-])c1CC(=O)OC. The first-order valence-corrected chi connectivity index (χ1v) is 8.23. The monoisotopic (exact) mass is 380 g/mol.